The number of carboxylic acid groups (broad SMARTS) is 1. The lowest BCUT2D eigenvalue weighted by atomic mass is 10.0. The summed E-state index contributed by atoms with van der Waals surface area (Å²) in [6.45, 7) is 5.80. The highest BCUT2D eigenvalue weighted by atomic mass is 16.4. The maximum Gasteiger partial charge on any atom is 0.326 e. The normalized spacial score (nSPS) is 12.2. The molecule has 0 aliphatic carbocycles. The number of carbonyl (C=O) groups excluding carboxylic acids is 1. The number of hydrogen-bond donors (Lipinski definition) is 2. The maximum atomic E-state index is 11.9. The van der Waals surface area contributed by atoms with Gasteiger partial charge in [0.25, 0.3) is 0 Å². The summed E-state index contributed by atoms with van der Waals surface area (Å²) < 4.78 is 0. The van der Waals surface area contributed by atoms with Crippen LogP contribution in [0.2, 0.25) is 0 Å². The van der Waals surface area contributed by atoms with Gasteiger partial charge in [0.15, 0.2) is 0 Å². The Morgan fingerprint density at radius 2 is 1.89 bits per heavy atom. The molecule has 0 saturated carbocycles. The molecule has 0 aliphatic rings. The summed E-state index contributed by atoms with van der Waals surface area (Å²) in [5.74, 6) is -1.01. The van der Waals surface area contributed by atoms with Crippen LogP contribution in [-0.4, -0.2) is 23.0 Å². The number of aryl methyl sites for hydroxylation is 1. The summed E-state index contributed by atoms with van der Waals surface area (Å²) in [7, 11) is 0. The van der Waals surface area contributed by atoms with E-state index in [0.717, 1.165) is 11.1 Å². The second-order valence-corrected chi connectivity index (χ2v) is 5.19. The zero-order valence-electron chi connectivity index (χ0n) is 11.6. The molecule has 0 spiro atoms. The van der Waals surface area contributed by atoms with Gasteiger partial charge in [-0.15, -0.1) is 0 Å². The molecule has 1 aromatic rings. The molecule has 0 bridgehead atoms. The molecule has 1 rings (SSSR count). The molecule has 4 heteroatoms. The third-order valence-corrected chi connectivity index (χ3v) is 2.95. The van der Waals surface area contributed by atoms with Crippen LogP contribution in [0.25, 0.3) is 0 Å². The third-order valence-electron chi connectivity index (χ3n) is 2.95. The van der Waals surface area contributed by atoms with E-state index in [2.05, 4.69) is 5.32 Å². The molecule has 0 aliphatic heterocycles. The first-order valence-electron chi connectivity index (χ1n) is 6.46. The standard InChI is InChI=1S/C15H21NO3/c1-10(2)8-13(15(18)19)16-14(17)9-12-7-5-4-6-11(12)3/h4-7,10,13H,8-9H2,1-3H3,(H,16,17)(H,18,19)/t13-/m1/s1. The Bertz CT molecular complexity index is 454. The number of amides is 1. The van der Waals surface area contributed by atoms with Crippen LogP contribution in [0.3, 0.4) is 0 Å². The molecule has 0 radical (unpaired) electrons. The van der Waals surface area contributed by atoms with Gasteiger partial charge in [-0.2, -0.15) is 0 Å². The molecule has 19 heavy (non-hydrogen) atoms. The van der Waals surface area contributed by atoms with Crippen LogP contribution < -0.4 is 5.32 Å². The smallest absolute Gasteiger partial charge is 0.326 e. The number of carboxylic acids is 1. The van der Waals surface area contributed by atoms with Gasteiger partial charge in [-0.25, -0.2) is 4.79 Å². The van der Waals surface area contributed by atoms with Crippen LogP contribution >= 0.6 is 0 Å². The van der Waals surface area contributed by atoms with E-state index in [4.69, 9.17) is 5.11 Å². The van der Waals surface area contributed by atoms with E-state index < -0.39 is 12.0 Å². The van der Waals surface area contributed by atoms with Gasteiger partial charge >= 0.3 is 5.97 Å². The summed E-state index contributed by atoms with van der Waals surface area (Å²) in [4.78, 5) is 23.0. The molecule has 1 aromatic carbocycles. The van der Waals surface area contributed by atoms with Gasteiger partial charge in [-0.05, 0) is 30.4 Å². The lowest BCUT2D eigenvalue weighted by molar-refractivity contribution is -0.142. The minimum atomic E-state index is -0.980. The van der Waals surface area contributed by atoms with Gasteiger partial charge in [-0.1, -0.05) is 38.1 Å². The Balaban J connectivity index is 2.63. The number of rotatable bonds is 6. The zero-order chi connectivity index (χ0) is 14.4. The van der Waals surface area contributed by atoms with Crippen molar-refractivity contribution < 1.29 is 14.7 Å². The summed E-state index contributed by atoms with van der Waals surface area (Å²) >= 11 is 0. The van der Waals surface area contributed by atoms with Crippen molar-refractivity contribution in [2.24, 2.45) is 5.92 Å². The van der Waals surface area contributed by atoms with E-state index in [1.54, 1.807) is 0 Å². The highest BCUT2D eigenvalue weighted by Gasteiger charge is 2.21. The summed E-state index contributed by atoms with van der Waals surface area (Å²) in [5.41, 5.74) is 1.96. The Morgan fingerprint density at radius 3 is 2.42 bits per heavy atom. The fourth-order valence-corrected chi connectivity index (χ4v) is 1.92. The van der Waals surface area contributed by atoms with Crippen molar-refractivity contribution in [2.45, 2.75) is 39.7 Å². The molecule has 0 heterocycles. The number of nitrogens with one attached hydrogen (secondary N) is 1. The molecule has 4 nitrogen and oxygen atoms in total. The zero-order valence-corrected chi connectivity index (χ0v) is 11.6. The number of hydrogen-bond acceptors (Lipinski definition) is 2. The second kappa shape index (κ2) is 6.92. The first-order valence-corrected chi connectivity index (χ1v) is 6.46. The Morgan fingerprint density at radius 1 is 1.26 bits per heavy atom. The van der Waals surface area contributed by atoms with Gasteiger partial charge < -0.3 is 10.4 Å². The monoisotopic (exact) mass is 263 g/mol. The van der Waals surface area contributed by atoms with Gasteiger partial charge in [-0.3, -0.25) is 4.79 Å². The molecule has 0 saturated heterocycles. The minimum absolute atomic E-state index is 0.217. The highest BCUT2D eigenvalue weighted by Crippen LogP contribution is 2.09. The van der Waals surface area contributed by atoms with Crippen molar-refractivity contribution in [3.63, 3.8) is 0 Å². The number of aliphatic carboxylic acids is 1. The predicted octanol–water partition coefficient (Wildman–Crippen LogP) is 2.15. The van der Waals surface area contributed by atoms with Gasteiger partial charge in [0.2, 0.25) is 5.91 Å². The average molecular weight is 263 g/mol. The van der Waals surface area contributed by atoms with E-state index in [0.29, 0.717) is 6.42 Å². The topological polar surface area (TPSA) is 66.4 Å². The molecule has 0 aromatic heterocycles. The van der Waals surface area contributed by atoms with Crippen molar-refractivity contribution in [1.29, 1.82) is 0 Å². The molecule has 0 unspecified atom stereocenters. The quantitative estimate of drug-likeness (QED) is 0.826. The van der Waals surface area contributed by atoms with Crippen molar-refractivity contribution in [3.05, 3.63) is 35.4 Å². The first kappa shape index (κ1) is 15.2. The summed E-state index contributed by atoms with van der Waals surface area (Å²) in [6.07, 6.45) is 0.656. The van der Waals surface area contributed by atoms with Gasteiger partial charge in [0.05, 0.1) is 6.42 Å². The summed E-state index contributed by atoms with van der Waals surface area (Å²) in [6, 6.07) is 6.79. The minimum Gasteiger partial charge on any atom is -0.480 e. The van der Waals surface area contributed by atoms with E-state index >= 15 is 0 Å². The van der Waals surface area contributed by atoms with Crippen LogP contribution in [0.15, 0.2) is 24.3 Å². The number of carbonyl (C=O) groups is 2. The predicted molar refractivity (Wildman–Crippen MR) is 73.9 cm³/mol. The molecule has 0 fully saturated rings. The Kier molecular flexibility index (Phi) is 5.55. The van der Waals surface area contributed by atoms with Crippen LogP contribution in [0.4, 0.5) is 0 Å². The maximum absolute atomic E-state index is 11.9. The molecule has 1 amide bonds. The van der Waals surface area contributed by atoms with E-state index in [1.165, 1.54) is 0 Å². The van der Waals surface area contributed by atoms with Crippen LogP contribution in [0.5, 0.6) is 0 Å². The van der Waals surface area contributed by atoms with Crippen molar-refractivity contribution in [3.8, 4) is 0 Å². The molecule has 2 N–H and O–H groups in total. The first-order chi connectivity index (χ1) is 8.90. The fraction of sp³-hybridized carbons (Fsp3) is 0.467. The van der Waals surface area contributed by atoms with Crippen LogP contribution in [0.1, 0.15) is 31.4 Å². The van der Waals surface area contributed by atoms with Crippen molar-refractivity contribution in [2.75, 3.05) is 0 Å². The lowest BCUT2D eigenvalue weighted by Gasteiger charge is -2.16. The summed E-state index contributed by atoms with van der Waals surface area (Å²) in [5, 5.41) is 11.7. The highest BCUT2D eigenvalue weighted by molar-refractivity contribution is 5.85. The fourth-order valence-electron chi connectivity index (χ4n) is 1.92. The van der Waals surface area contributed by atoms with E-state index in [9.17, 15) is 9.59 Å². The SMILES string of the molecule is Cc1ccccc1CC(=O)N[C@H](CC(C)C)C(=O)O. The van der Waals surface area contributed by atoms with Crippen molar-refractivity contribution >= 4 is 11.9 Å². The van der Waals surface area contributed by atoms with Gasteiger partial charge in [0.1, 0.15) is 6.04 Å². The molecular formula is C15H21NO3. The molecule has 104 valence electrons. The lowest BCUT2D eigenvalue weighted by Crippen LogP contribution is -2.42. The van der Waals surface area contributed by atoms with E-state index in [1.807, 2.05) is 45.0 Å². The van der Waals surface area contributed by atoms with Crippen molar-refractivity contribution in [1.82, 2.24) is 5.32 Å². The molecule has 1 atom stereocenters. The largest absolute Gasteiger partial charge is 0.480 e. The second-order valence-electron chi connectivity index (χ2n) is 5.19. The van der Waals surface area contributed by atoms with Crippen LogP contribution in [0, 0.1) is 12.8 Å². The third kappa shape index (κ3) is 5.12. The van der Waals surface area contributed by atoms with Gasteiger partial charge in [0, 0.05) is 0 Å². The Hall–Kier alpha value is -1.84. The number of benzene rings is 1. The average Bonchev–Trinajstić information content (AvgIpc) is 2.30. The van der Waals surface area contributed by atoms with Crippen LogP contribution in [-0.2, 0) is 16.0 Å². The van der Waals surface area contributed by atoms with E-state index in [-0.39, 0.29) is 18.2 Å². The Labute approximate surface area is 113 Å². The molecular weight excluding hydrogens is 242 g/mol.